The molecule has 0 aromatic carbocycles. The summed E-state index contributed by atoms with van der Waals surface area (Å²) in [6.45, 7) is 11.1. The maximum absolute atomic E-state index is 12.0. The highest BCUT2D eigenvalue weighted by molar-refractivity contribution is 5.92. The second kappa shape index (κ2) is 7.99. The van der Waals surface area contributed by atoms with E-state index >= 15 is 0 Å². The Morgan fingerprint density at radius 3 is 2.10 bits per heavy atom. The number of nitrogens with one attached hydrogen (secondary N) is 3. The minimum atomic E-state index is -0.635. The van der Waals surface area contributed by atoms with Crippen molar-refractivity contribution in [2.75, 3.05) is 6.54 Å². The molecule has 0 aliphatic heterocycles. The average molecular weight is 285 g/mol. The molecule has 0 saturated carbocycles. The van der Waals surface area contributed by atoms with E-state index in [1.165, 1.54) is 6.92 Å². The van der Waals surface area contributed by atoms with Crippen molar-refractivity contribution in [1.82, 2.24) is 16.0 Å². The summed E-state index contributed by atoms with van der Waals surface area (Å²) in [5.41, 5.74) is -0.336. The number of hydrogen-bond acceptors (Lipinski definition) is 4. The van der Waals surface area contributed by atoms with E-state index in [0.29, 0.717) is 6.54 Å². The fourth-order valence-electron chi connectivity index (χ4n) is 1.57. The number of likely N-dealkylation sites (N-methyl/N-ethyl adjacent to an activating group) is 1. The summed E-state index contributed by atoms with van der Waals surface area (Å²) < 4.78 is 0. The molecule has 0 aliphatic carbocycles. The van der Waals surface area contributed by atoms with Crippen LogP contribution in [0.1, 0.15) is 48.0 Å². The summed E-state index contributed by atoms with van der Waals surface area (Å²) in [6.07, 6.45) is 0.0432. The standard InChI is InChI=1S/C14H27N3O3/c1-7-15-11(8-12(19)17-14(4,5)6)13(20)16-9(2)10(3)18/h9,11,15H,7-8H2,1-6H3,(H,16,20)(H,17,19). The molecule has 6 nitrogen and oxygen atoms in total. The second-order valence-corrected chi connectivity index (χ2v) is 5.95. The third kappa shape index (κ3) is 7.89. The number of rotatable bonds is 7. The molecule has 0 aromatic rings. The summed E-state index contributed by atoms with van der Waals surface area (Å²) in [4.78, 5) is 35.1. The Labute approximate surface area is 121 Å². The SMILES string of the molecule is CCNC(CC(=O)NC(C)(C)C)C(=O)NC(C)C(C)=O. The van der Waals surface area contributed by atoms with Gasteiger partial charge in [0.15, 0.2) is 5.78 Å². The highest BCUT2D eigenvalue weighted by atomic mass is 16.2. The van der Waals surface area contributed by atoms with Crippen LogP contribution in [-0.4, -0.2) is 41.8 Å². The fraction of sp³-hybridized carbons (Fsp3) is 0.786. The molecule has 0 aromatic heterocycles. The topological polar surface area (TPSA) is 87.3 Å². The average Bonchev–Trinajstić information content (AvgIpc) is 2.25. The number of amides is 2. The van der Waals surface area contributed by atoms with Crippen molar-refractivity contribution >= 4 is 17.6 Å². The molecule has 3 N–H and O–H groups in total. The smallest absolute Gasteiger partial charge is 0.238 e. The molecule has 0 saturated heterocycles. The molecular formula is C14H27N3O3. The Kier molecular flexibility index (Phi) is 7.42. The lowest BCUT2D eigenvalue weighted by Crippen LogP contribution is -2.51. The number of carbonyl (C=O) groups excluding carboxylic acids is 3. The summed E-state index contributed by atoms with van der Waals surface area (Å²) in [5.74, 6) is -0.652. The summed E-state index contributed by atoms with van der Waals surface area (Å²) in [7, 11) is 0. The molecule has 2 atom stereocenters. The van der Waals surface area contributed by atoms with Gasteiger partial charge in [-0.25, -0.2) is 0 Å². The molecule has 6 heteroatoms. The Balaban J connectivity index is 4.59. The lowest BCUT2D eigenvalue weighted by molar-refractivity contribution is -0.130. The van der Waals surface area contributed by atoms with Gasteiger partial charge in [0.25, 0.3) is 0 Å². The number of ketones is 1. The first-order valence-corrected chi connectivity index (χ1v) is 6.92. The van der Waals surface area contributed by atoms with Gasteiger partial charge in [0.05, 0.1) is 18.5 Å². The molecule has 0 rings (SSSR count). The number of hydrogen-bond donors (Lipinski definition) is 3. The highest BCUT2D eigenvalue weighted by Crippen LogP contribution is 2.02. The maximum atomic E-state index is 12.0. The van der Waals surface area contributed by atoms with E-state index in [1.807, 2.05) is 27.7 Å². The van der Waals surface area contributed by atoms with Gasteiger partial charge in [0, 0.05) is 5.54 Å². The van der Waals surface area contributed by atoms with E-state index < -0.39 is 12.1 Å². The summed E-state index contributed by atoms with van der Waals surface area (Å²) >= 11 is 0. The zero-order valence-corrected chi connectivity index (χ0v) is 13.3. The molecular weight excluding hydrogens is 258 g/mol. The van der Waals surface area contributed by atoms with Crippen molar-refractivity contribution in [2.24, 2.45) is 0 Å². The Bertz CT molecular complexity index is 361. The number of Topliss-reactive ketones (excluding diaryl/α,β-unsaturated/α-hetero) is 1. The van der Waals surface area contributed by atoms with Crippen LogP contribution >= 0.6 is 0 Å². The maximum Gasteiger partial charge on any atom is 0.238 e. The Hall–Kier alpha value is -1.43. The van der Waals surface area contributed by atoms with Crippen molar-refractivity contribution in [3.63, 3.8) is 0 Å². The van der Waals surface area contributed by atoms with Crippen LogP contribution in [0, 0.1) is 0 Å². The molecule has 0 aliphatic rings. The predicted octanol–water partition coefficient (Wildman–Crippen LogP) is 0.363. The van der Waals surface area contributed by atoms with Gasteiger partial charge in [-0.3, -0.25) is 14.4 Å². The van der Waals surface area contributed by atoms with Gasteiger partial charge in [-0.05, 0) is 41.2 Å². The molecule has 2 amide bonds. The lowest BCUT2D eigenvalue weighted by Gasteiger charge is -2.23. The summed E-state index contributed by atoms with van der Waals surface area (Å²) in [6, 6.07) is -1.18. The van der Waals surface area contributed by atoms with E-state index in [9.17, 15) is 14.4 Å². The molecule has 2 unspecified atom stereocenters. The fourth-order valence-corrected chi connectivity index (χ4v) is 1.57. The molecule has 0 radical (unpaired) electrons. The monoisotopic (exact) mass is 285 g/mol. The van der Waals surface area contributed by atoms with Crippen molar-refractivity contribution in [3.05, 3.63) is 0 Å². The molecule has 0 heterocycles. The zero-order valence-electron chi connectivity index (χ0n) is 13.3. The first-order chi connectivity index (χ1) is 9.06. The third-order valence-electron chi connectivity index (χ3n) is 2.64. The molecule has 0 fully saturated rings. The zero-order chi connectivity index (χ0) is 15.9. The molecule has 20 heavy (non-hydrogen) atoms. The Morgan fingerprint density at radius 2 is 1.70 bits per heavy atom. The van der Waals surface area contributed by atoms with Gasteiger partial charge in [-0.15, -0.1) is 0 Å². The van der Waals surface area contributed by atoms with Gasteiger partial charge in [-0.1, -0.05) is 6.92 Å². The second-order valence-electron chi connectivity index (χ2n) is 5.95. The Morgan fingerprint density at radius 1 is 1.15 bits per heavy atom. The highest BCUT2D eigenvalue weighted by Gasteiger charge is 2.24. The lowest BCUT2D eigenvalue weighted by atomic mass is 10.1. The van der Waals surface area contributed by atoms with Crippen LogP contribution < -0.4 is 16.0 Å². The van der Waals surface area contributed by atoms with Gasteiger partial charge in [-0.2, -0.15) is 0 Å². The van der Waals surface area contributed by atoms with Crippen LogP contribution in [0.15, 0.2) is 0 Å². The van der Waals surface area contributed by atoms with Crippen LogP contribution in [0.4, 0.5) is 0 Å². The van der Waals surface area contributed by atoms with Gasteiger partial charge in [0.1, 0.15) is 0 Å². The minimum Gasteiger partial charge on any atom is -0.351 e. The summed E-state index contributed by atoms with van der Waals surface area (Å²) in [5, 5.41) is 8.37. The van der Waals surface area contributed by atoms with Crippen molar-refractivity contribution in [3.8, 4) is 0 Å². The van der Waals surface area contributed by atoms with Gasteiger partial charge < -0.3 is 16.0 Å². The first-order valence-electron chi connectivity index (χ1n) is 6.92. The van der Waals surface area contributed by atoms with E-state index in [4.69, 9.17) is 0 Å². The quantitative estimate of drug-likeness (QED) is 0.630. The molecule has 0 spiro atoms. The van der Waals surface area contributed by atoms with Crippen LogP contribution in [-0.2, 0) is 14.4 Å². The van der Waals surface area contributed by atoms with Crippen LogP contribution in [0.5, 0.6) is 0 Å². The normalized spacial score (nSPS) is 14.3. The van der Waals surface area contributed by atoms with Crippen LogP contribution in [0.2, 0.25) is 0 Å². The molecule has 116 valence electrons. The first kappa shape index (κ1) is 18.6. The van der Waals surface area contributed by atoms with Gasteiger partial charge >= 0.3 is 0 Å². The molecule has 0 bridgehead atoms. The predicted molar refractivity (Wildman–Crippen MR) is 78.3 cm³/mol. The van der Waals surface area contributed by atoms with Crippen molar-refractivity contribution in [1.29, 1.82) is 0 Å². The number of carbonyl (C=O) groups is 3. The largest absolute Gasteiger partial charge is 0.351 e. The van der Waals surface area contributed by atoms with E-state index in [1.54, 1.807) is 6.92 Å². The van der Waals surface area contributed by atoms with E-state index in [-0.39, 0.29) is 29.6 Å². The van der Waals surface area contributed by atoms with E-state index in [0.717, 1.165) is 0 Å². The van der Waals surface area contributed by atoms with Gasteiger partial charge in [0.2, 0.25) is 11.8 Å². The van der Waals surface area contributed by atoms with Crippen molar-refractivity contribution < 1.29 is 14.4 Å². The van der Waals surface area contributed by atoms with Crippen LogP contribution in [0.3, 0.4) is 0 Å². The van der Waals surface area contributed by atoms with Crippen LogP contribution in [0.25, 0.3) is 0 Å². The van der Waals surface area contributed by atoms with Crippen molar-refractivity contribution in [2.45, 2.75) is 65.6 Å². The third-order valence-corrected chi connectivity index (χ3v) is 2.64. The van der Waals surface area contributed by atoms with E-state index in [2.05, 4.69) is 16.0 Å². The minimum absolute atomic E-state index is 0.0432.